The summed E-state index contributed by atoms with van der Waals surface area (Å²) in [6.07, 6.45) is 8.45. The standard InChI is InChI=1S/C18H18FNS.C6H9NS.C4H6O/c1-4-6-10-16(19)14(5-2)18-15-9-7-8-11-17(15)21-12-13(3)20-18;1-7-5-6-3-2-4-8-6;1-2-3-4-5/h5-12H,2,4H2,1,3H3;2-4,7H,5H2,1H3;2,4H,1,3H2/b10-6-,16-14-;;. The summed E-state index contributed by atoms with van der Waals surface area (Å²) >= 11 is 3.39. The second-order valence-corrected chi connectivity index (χ2v) is 8.85. The molecule has 0 saturated heterocycles. The molecule has 3 nitrogen and oxygen atoms in total. The number of carbonyl (C=O) groups excluding carboxylic acids is 1. The normalized spacial score (nSPS) is 12.9. The number of aliphatic imine (C=N–C) groups is 1. The van der Waals surface area contributed by atoms with E-state index in [0.717, 1.165) is 35.4 Å². The van der Waals surface area contributed by atoms with E-state index in [1.807, 2.05) is 50.6 Å². The summed E-state index contributed by atoms with van der Waals surface area (Å²) in [5.41, 5.74) is 2.86. The Kier molecular flexibility index (Phi) is 15.2. The average Bonchev–Trinajstić information content (AvgIpc) is 3.30. The smallest absolute Gasteiger partial charge is 0.132 e. The van der Waals surface area contributed by atoms with Crippen molar-refractivity contribution in [3.8, 4) is 0 Å². The van der Waals surface area contributed by atoms with Crippen molar-refractivity contribution in [2.45, 2.75) is 38.1 Å². The molecule has 3 rings (SSSR count). The molecule has 0 spiro atoms. The molecule has 0 radical (unpaired) electrons. The Hall–Kier alpha value is -2.80. The van der Waals surface area contributed by atoms with Gasteiger partial charge in [-0.05, 0) is 49.4 Å². The van der Waals surface area contributed by atoms with Gasteiger partial charge in [0.25, 0.3) is 0 Å². The van der Waals surface area contributed by atoms with Gasteiger partial charge >= 0.3 is 0 Å². The van der Waals surface area contributed by atoms with Crippen molar-refractivity contribution < 1.29 is 9.18 Å². The second-order valence-electron chi connectivity index (χ2n) is 6.91. The number of rotatable bonds is 8. The van der Waals surface area contributed by atoms with Crippen LogP contribution in [0.15, 0.2) is 112 Å². The Labute approximate surface area is 211 Å². The SMILES string of the molecule is C=C/C(C1=NC(C)=CSc2ccccc21)=C(F)\C=C/CC.C=CCC=O.CNCc1cccs1. The highest BCUT2D eigenvalue weighted by molar-refractivity contribution is 8.02. The molecule has 0 unspecified atom stereocenters. The molecule has 6 heteroatoms. The first-order valence-corrected chi connectivity index (χ1v) is 12.7. The van der Waals surface area contributed by atoms with E-state index in [1.165, 1.54) is 17.0 Å². The maximum atomic E-state index is 14.4. The molecule has 0 aliphatic carbocycles. The van der Waals surface area contributed by atoms with E-state index < -0.39 is 0 Å². The molecule has 1 aromatic heterocycles. The molecule has 34 heavy (non-hydrogen) atoms. The topological polar surface area (TPSA) is 41.5 Å². The van der Waals surface area contributed by atoms with Gasteiger partial charge in [0, 0.05) is 39.6 Å². The number of nitrogens with zero attached hydrogens (tertiary/aromatic N) is 1. The van der Waals surface area contributed by atoms with E-state index in [9.17, 15) is 9.18 Å². The lowest BCUT2D eigenvalue weighted by Crippen LogP contribution is -2.06. The van der Waals surface area contributed by atoms with Crippen LogP contribution >= 0.6 is 23.1 Å². The predicted octanol–water partition coefficient (Wildman–Crippen LogP) is 8.05. The number of benzene rings is 1. The van der Waals surface area contributed by atoms with Crippen molar-refractivity contribution in [3.05, 3.63) is 112 Å². The molecule has 2 heterocycles. The lowest BCUT2D eigenvalue weighted by molar-refractivity contribution is -0.107. The summed E-state index contributed by atoms with van der Waals surface area (Å²) in [6, 6.07) is 12.1. The van der Waals surface area contributed by atoms with Crippen LogP contribution in [0, 0.1) is 0 Å². The van der Waals surface area contributed by atoms with Crippen LogP contribution in [0.4, 0.5) is 4.39 Å². The van der Waals surface area contributed by atoms with E-state index in [2.05, 4.69) is 41.0 Å². The third-order valence-electron chi connectivity index (χ3n) is 4.20. The first kappa shape index (κ1) is 29.2. The van der Waals surface area contributed by atoms with Gasteiger partial charge in [0.1, 0.15) is 12.1 Å². The Morgan fingerprint density at radius 3 is 2.53 bits per heavy atom. The molecule has 0 fully saturated rings. The molecule has 1 aromatic carbocycles. The second kappa shape index (κ2) is 17.6. The third kappa shape index (κ3) is 10.4. The molecule has 0 atom stereocenters. The van der Waals surface area contributed by atoms with E-state index in [1.54, 1.807) is 35.3 Å². The molecule has 1 aliphatic heterocycles. The Morgan fingerprint density at radius 1 is 1.21 bits per heavy atom. The number of thioether (sulfide) groups is 1. The molecule has 1 N–H and O–H groups in total. The number of aldehydes is 1. The lowest BCUT2D eigenvalue weighted by Gasteiger charge is -2.10. The molecular weight excluding hydrogens is 463 g/mol. The van der Waals surface area contributed by atoms with Gasteiger partial charge < -0.3 is 10.1 Å². The quantitative estimate of drug-likeness (QED) is 0.228. The van der Waals surface area contributed by atoms with Crippen LogP contribution in [0.5, 0.6) is 0 Å². The van der Waals surface area contributed by atoms with Crippen LogP contribution in [-0.2, 0) is 11.3 Å². The van der Waals surface area contributed by atoms with E-state index in [4.69, 9.17) is 0 Å². The summed E-state index contributed by atoms with van der Waals surface area (Å²) in [4.78, 5) is 16.4. The van der Waals surface area contributed by atoms with Crippen LogP contribution in [0.1, 0.15) is 37.1 Å². The van der Waals surface area contributed by atoms with Crippen molar-refractivity contribution in [2.24, 2.45) is 4.99 Å². The molecule has 180 valence electrons. The van der Waals surface area contributed by atoms with Crippen molar-refractivity contribution >= 4 is 35.1 Å². The molecular formula is C28H33FN2OS2. The maximum Gasteiger partial charge on any atom is 0.132 e. The zero-order valence-electron chi connectivity index (χ0n) is 20.1. The number of allylic oxidation sites excluding steroid dienone is 7. The highest BCUT2D eigenvalue weighted by Gasteiger charge is 2.17. The fourth-order valence-corrected chi connectivity index (χ4v) is 4.17. The number of carbonyl (C=O) groups is 1. The molecule has 2 aromatic rings. The largest absolute Gasteiger partial charge is 0.315 e. The van der Waals surface area contributed by atoms with Crippen molar-refractivity contribution in [2.75, 3.05) is 7.05 Å². The first-order chi connectivity index (χ1) is 16.5. The number of thiophene rings is 1. The highest BCUT2D eigenvalue weighted by atomic mass is 32.2. The predicted molar refractivity (Wildman–Crippen MR) is 148 cm³/mol. The fraction of sp³-hybridized carbons (Fsp3) is 0.214. The summed E-state index contributed by atoms with van der Waals surface area (Å²) < 4.78 is 14.4. The van der Waals surface area contributed by atoms with E-state index >= 15 is 0 Å². The number of hydrogen-bond acceptors (Lipinski definition) is 5. The van der Waals surface area contributed by atoms with E-state index in [-0.39, 0.29) is 5.83 Å². The maximum absolute atomic E-state index is 14.4. The zero-order valence-corrected chi connectivity index (χ0v) is 21.7. The van der Waals surface area contributed by atoms with Gasteiger partial charge in [-0.3, -0.25) is 4.99 Å². The minimum absolute atomic E-state index is 0.305. The van der Waals surface area contributed by atoms with Gasteiger partial charge in [0.05, 0.1) is 5.71 Å². The van der Waals surface area contributed by atoms with Crippen molar-refractivity contribution in [1.29, 1.82) is 0 Å². The van der Waals surface area contributed by atoms with Gasteiger partial charge in [0.15, 0.2) is 0 Å². The van der Waals surface area contributed by atoms with Gasteiger partial charge in [0.2, 0.25) is 0 Å². The third-order valence-corrected chi connectivity index (χ3v) is 6.14. The number of nitrogens with one attached hydrogen (secondary N) is 1. The zero-order chi connectivity index (χ0) is 25.2. The molecule has 0 saturated carbocycles. The van der Waals surface area contributed by atoms with Crippen LogP contribution in [0.2, 0.25) is 0 Å². The Bertz CT molecular complexity index is 1030. The molecule has 1 aliphatic rings. The Balaban J connectivity index is 0.000000363. The lowest BCUT2D eigenvalue weighted by atomic mass is 10.0. The Morgan fingerprint density at radius 2 is 1.97 bits per heavy atom. The van der Waals surface area contributed by atoms with Crippen LogP contribution < -0.4 is 5.32 Å². The van der Waals surface area contributed by atoms with Gasteiger partial charge in [-0.15, -0.1) is 17.9 Å². The van der Waals surface area contributed by atoms with Crippen molar-refractivity contribution in [3.63, 3.8) is 0 Å². The number of hydrogen-bond donors (Lipinski definition) is 1. The van der Waals surface area contributed by atoms with Crippen LogP contribution in [0.3, 0.4) is 0 Å². The number of fused-ring (bicyclic) bond motifs is 1. The first-order valence-electron chi connectivity index (χ1n) is 10.9. The summed E-state index contributed by atoms with van der Waals surface area (Å²) in [6.45, 7) is 12.0. The summed E-state index contributed by atoms with van der Waals surface area (Å²) in [5, 5.41) is 7.15. The highest BCUT2D eigenvalue weighted by Crippen LogP contribution is 2.32. The monoisotopic (exact) mass is 496 g/mol. The summed E-state index contributed by atoms with van der Waals surface area (Å²) in [7, 11) is 1.96. The minimum atomic E-state index is -0.305. The molecule has 0 amide bonds. The molecule has 0 bridgehead atoms. The summed E-state index contributed by atoms with van der Waals surface area (Å²) in [5.74, 6) is -0.305. The van der Waals surface area contributed by atoms with Crippen molar-refractivity contribution in [1.82, 2.24) is 5.32 Å². The van der Waals surface area contributed by atoms with Gasteiger partial charge in [-0.1, -0.05) is 67.8 Å². The van der Waals surface area contributed by atoms with Crippen LogP contribution in [-0.4, -0.2) is 19.0 Å². The fourth-order valence-electron chi connectivity index (χ4n) is 2.66. The van der Waals surface area contributed by atoms with E-state index in [0.29, 0.717) is 17.7 Å². The van der Waals surface area contributed by atoms with Gasteiger partial charge in [-0.25, -0.2) is 4.39 Å². The average molecular weight is 497 g/mol. The van der Waals surface area contributed by atoms with Gasteiger partial charge in [-0.2, -0.15) is 0 Å². The minimum Gasteiger partial charge on any atom is -0.315 e. The van der Waals surface area contributed by atoms with Crippen LogP contribution in [0.25, 0.3) is 0 Å². The number of halogens is 1.